The van der Waals surface area contributed by atoms with Crippen molar-refractivity contribution < 1.29 is 4.74 Å². The third kappa shape index (κ3) is 3.69. The van der Waals surface area contributed by atoms with Crippen LogP contribution in [0.25, 0.3) is 0 Å². The quantitative estimate of drug-likeness (QED) is 0.600. The molecule has 0 unspecified atom stereocenters. The summed E-state index contributed by atoms with van der Waals surface area (Å²) >= 11 is 0. The molecule has 0 saturated heterocycles. The smallest absolute Gasteiger partial charge is 0.159 e. The van der Waals surface area contributed by atoms with Gasteiger partial charge in [-0.2, -0.15) is 0 Å². The molecule has 3 heteroatoms. The van der Waals surface area contributed by atoms with Crippen LogP contribution >= 0.6 is 0 Å². The Morgan fingerprint density at radius 1 is 0.778 bits per heavy atom. The summed E-state index contributed by atoms with van der Waals surface area (Å²) in [5.74, 6) is 0.688. The molecule has 2 rings (SSSR count). The Labute approximate surface area is 112 Å². The van der Waals surface area contributed by atoms with E-state index in [2.05, 4.69) is 0 Å². The van der Waals surface area contributed by atoms with Crippen LogP contribution in [0, 0.1) is 5.92 Å². The standard InChI is InChI=1S/C15H30N2O/c16-14(17)18-15(11-7-3-4-8-12-15)13-9-5-1-2-6-10-13/h13-14H,1-12,16-17H2. The van der Waals surface area contributed by atoms with Crippen molar-refractivity contribution in [3.63, 3.8) is 0 Å². The lowest BCUT2D eigenvalue weighted by atomic mass is 9.77. The van der Waals surface area contributed by atoms with E-state index < -0.39 is 6.35 Å². The van der Waals surface area contributed by atoms with Gasteiger partial charge in [0.25, 0.3) is 0 Å². The number of ether oxygens (including phenoxy) is 1. The van der Waals surface area contributed by atoms with Gasteiger partial charge in [-0.05, 0) is 31.6 Å². The van der Waals surface area contributed by atoms with Gasteiger partial charge in [-0.25, -0.2) is 0 Å². The van der Waals surface area contributed by atoms with Crippen LogP contribution in [-0.2, 0) is 4.74 Å². The van der Waals surface area contributed by atoms with Crippen LogP contribution in [0.1, 0.15) is 77.0 Å². The molecule has 0 aromatic heterocycles. The second kappa shape index (κ2) is 6.88. The van der Waals surface area contributed by atoms with Crippen molar-refractivity contribution in [2.45, 2.75) is 89.0 Å². The molecule has 2 saturated carbocycles. The molecule has 0 radical (unpaired) electrons. The molecule has 0 spiro atoms. The van der Waals surface area contributed by atoms with E-state index >= 15 is 0 Å². The molecule has 0 bridgehead atoms. The van der Waals surface area contributed by atoms with Gasteiger partial charge >= 0.3 is 0 Å². The zero-order valence-corrected chi connectivity index (χ0v) is 11.7. The van der Waals surface area contributed by atoms with Gasteiger partial charge in [0.2, 0.25) is 0 Å². The fourth-order valence-corrected chi connectivity index (χ4v) is 4.03. The number of nitrogens with two attached hydrogens (primary N) is 2. The van der Waals surface area contributed by atoms with Crippen molar-refractivity contribution in [3.05, 3.63) is 0 Å². The molecule has 0 amide bonds. The topological polar surface area (TPSA) is 61.3 Å². The van der Waals surface area contributed by atoms with E-state index in [1.54, 1.807) is 0 Å². The number of hydrogen-bond donors (Lipinski definition) is 2. The van der Waals surface area contributed by atoms with Gasteiger partial charge < -0.3 is 4.74 Å². The fraction of sp³-hybridized carbons (Fsp3) is 1.00. The lowest BCUT2D eigenvalue weighted by Crippen LogP contribution is -2.49. The first-order chi connectivity index (χ1) is 8.73. The third-order valence-electron chi connectivity index (χ3n) is 4.92. The van der Waals surface area contributed by atoms with Gasteiger partial charge in [-0.3, -0.25) is 11.5 Å². The molecule has 2 aliphatic rings. The monoisotopic (exact) mass is 254 g/mol. The highest BCUT2D eigenvalue weighted by molar-refractivity contribution is 4.91. The maximum absolute atomic E-state index is 6.11. The summed E-state index contributed by atoms with van der Waals surface area (Å²) in [4.78, 5) is 0. The first-order valence-electron chi connectivity index (χ1n) is 7.92. The van der Waals surface area contributed by atoms with Gasteiger partial charge in [0, 0.05) is 0 Å². The molecular formula is C15H30N2O. The lowest BCUT2D eigenvalue weighted by molar-refractivity contribution is -0.136. The van der Waals surface area contributed by atoms with Crippen molar-refractivity contribution in [2.75, 3.05) is 0 Å². The zero-order chi connectivity index (χ0) is 12.8. The summed E-state index contributed by atoms with van der Waals surface area (Å²) in [7, 11) is 0. The summed E-state index contributed by atoms with van der Waals surface area (Å²) in [6.45, 7) is 0. The van der Waals surface area contributed by atoms with Gasteiger partial charge in [-0.1, -0.05) is 51.4 Å². The summed E-state index contributed by atoms with van der Waals surface area (Å²) in [5, 5.41) is 0. The predicted molar refractivity (Wildman–Crippen MR) is 74.9 cm³/mol. The highest BCUT2D eigenvalue weighted by atomic mass is 16.5. The fourth-order valence-electron chi connectivity index (χ4n) is 4.03. The molecule has 0 aliphatic heterocycles. The van der Waals surface area contributed by atoms with E-state index in [1.165, 1.54) is 77.0 Å². The SMILES string of the molecule is NC(N)OC1(C2CCCCCC2)CCCCCC1. The van der Waals surface area contributed by atoms with Crippen LogP contribution in [0.15, 0.2) is 0 Å². The molecule has 4 N–H and O–H groups in total. The molecule has 0 aromatic rings. The average Bonchev–Trinajstić information content (AvgIpc) is 2.70. The summed E-state index contributed by atoms with van der Waals surface area (Å²) in [6.07, 6.45) is 15.1. The Kier molecular flexibility index (Phi) is 5.46. The average molecular weight is 254 g/mol. The highest BCUT2D eigenvalue weighted by Crippen LogP contribution is 2.42. The maximum Gasteiger partial charge on any atom is 0.159 e. The van der Waals surface area contributed by atoms with E-state index in [9.17, 15) is 0 Å². The number of rotatable bonds is 3. The second-order valence-electron chi connectivity index (χ2n) is 6.25. The second-order valence-corrected chi connectivity index (χ2v) is 6.25. The largest absolute Gasteiger partial charge is 0.344 e. The van der Waals surface area contributed by atoms with E-state index in [0.29, 0.717) is 5.92 Å². The van der Waals surface area contributed by atoms with E-state index in [-0.39, 0.29) is 5.60 Å². The van der Waals surface area contributed by atoms with Crippen LogP contribution in [0.2, 0.25) is 0 Å². The Hall–Kier alpha value is -0.120. The lowest BCUT2D eigenvalue weighted by Gasteiger charge is -2.41. The third-order valence-corrected chi connectivity index (χ3v) is 4.92. The normalized spacial score (nSPS) is 26.8. The Morgan fingerprint density at radius 3 is 1.78 bits per heavy atom. The minimum absolute atomic E-state index is 0.00495. The van der Waals surface area contributed by atoms with E-state index in [1.807, 2.05) is 0 Å². The highest BCUT2D eigenvalue weighted by Gasteiger charge is 2.40. The van der Waals surface area contributed by atoms with Crippen molar-refractivity contribution >= 4 is 0 Å². The minimum atomic E-state index is -0.605. The van der Waals surface area contributed by atoms with Crippen LogP contribution in [0.3, 0.4) is 0 Å². The van der Waals surface area contributed by atoms with Crippen LogP contribution in [0.4, 0.5) is 0 Å². The zero-order valence-electron chi connectivity index (χ0n) is 11.7. The van der Waals surface area contributed by atoms with Gasteiger partial charge in [0.05, 0.1) is 5.60 Å². The number of hydrogen-bond acceptors (Lipinski definition) is 3. The maximum atomic E-state index is 6.11. The van der Waals surface area contributed by atoms with Crippen molar-refractivity contribution in [1.29, 1.82) is 0 Å². The predicted octanol–water partition coefficient (Wildman–Crippen LogP) is 3.27. The molecule has 2 fully saturated rings. The molecule has 0 heterocycles. The first-order valence-corrected chi connectivity index (χ1v) is 7.92. The molecule has 0 atom stereocenters. The van der Waals surface area contributed by atoms with Gasteiger partial charge in [0.15, 0.2) is 6.35 Å². The Bertz CT molecular complexity index is 227. The van der Waals surface area contributed by atoms with E-state index in [0.717, 1.165) is 0 Å². The first kappa shape index (κ1) is 14.3. The van der Waals surface area contributed by atoms with Crippen molar-refractivity contribution in [3.8, 4) is 0 Å². The van der Waals surface area contributed by atoms with E-state index in [4.69, 9.17) is 16.2 Å². The minimum Gasteiger partial charge on any atom is -0.344 e. The van der Waals surface area contributed by atoms with Gasteiger partial charge in [0.1, 0.15) is 0 Å². The molecule has 3 nitrogen and oxygen atoms in total. The van der Waals surface area contributed by atoms with Crippen LogP contribution in [-0.4, -0.2) is 12.0 Å². The molecule has 0 aromatic carbocycles. The summed E-state index contributed by atoms with van der Waals surface area (Å²) in [6, 6.07) is 0. The van der Waals surface area contributed by atoms with Crippen LogP contribution in [0.5, 0.6) is 0 Å². The Morgan fingerprint density at radius 2 is 1.28 bits per heavy atom. The van der Waals surface area contributed by atoms with Gasteiger partial charge in [-0.15, -0.1) is 0 Å². The molecule has 18 heavy (non-hydrogen) atoms. The van der Waals surface area contributed by atoms with Crippen LogP contribution < -0.4 is 11.5 Å². The molecule has 106 valence electrons. The summed E-state index contributed by atoms with van der Waals surface area (Å²) in [5.41, 5.74) is 11.5. The molecule has 2 aliphatic carbocycles. The Balaban J connectivity index is 2.10. The molecular weight excluding hydrogens is 224 g/mol. The van der Waals surface area contributed by atoms with Crippen molar-refractivity contribution in [2.24, 2.45) is 17.4 Å². The van der Waals surface area contributed by atoms with Crippen molar-refractivity contribution in [1.82, 2.24) is 0 Å². The summed E-state index contributed by atoms with van der Waals surface area (Å²) < 4.78 is 6.11.